The minimum Gasteiger partial charge on any atom is -0.465 e. The first-order valence-corrected chi connectivity index (χ1v) is 34.5. The standard InChI is InChI=1S/C46H57NO6.C30H46N2O4/c1-28(2)36(25-42(49)53-27-37-34-12-8-6-10-32(34)33-11-7-9-13-35(33)37)43(50)47(5)31-18-21-44(3)30(24-31)15-16-40-39(44)19-22-45(4)38(20-23-46(40,45)51)29-14-17-41(48)52-26-29;1-18(2)26(31)27(34)32(5)21-10-13-28(3)20(16-21)7-8-24-23(28)11-14-29(4)22(12-15-30(24,29)35)19-6-9-25(33)36-17-19/h6-14,17,26,28,30-31,36-40,51H,15-16,18-25,27H2,1-5H3;6,9,17-18,20-24,26,35H,7-8,10-16,31H2,1-5H3/t30-,31?,36-,38-,39+,40-,44+,45-,46+;20-,21?,22-,23+,24-,26-,28+,29-,30+/m11/s1. The van der Waals surface area contributed by atoms with Gasteiger partial charge in [-0.25, -0.2) is 9.59 Å². The van der Waals surface area contributed by atoms with Crippen molar-refractivity contribution in [1.29, 1.82) is 0 Å². The van der Waals surface area contributed by atoms with E-state index in [0.29, 0.717) is 29.6 Å². The molecule has 0 radical (unpaired) electrons. The van der Waals surface area contributed by atoms with Crippen LogP contribution < -0.4 is 17.0 Å². The van der Waals surface area contributed by atoms with Crippen molar-refractivity contribution in [2.75, 3.05) is 20.7 Å². The molecule has 2 aromatic heterocycles. The molecule has 2 heterocycles. The van der Waals surface area contributed by atoms with E-state index in [2.05, 4.69) is 52.0 Å². The molecule has 0 spiro atoms. The Kier molecular flexibility index (Phi) is 17.2. The summed E-state index contributed by atoms with van der Waals surface area (Å²) in [6, 6.07) is 23.5. The van der Waals surface area contributed by atoms with E-state index >= 15 is 0 Å². The molecule has 8 fully saturated rings. The zero-order valence-electron chi connectivity index (χ0n) is 55.0. The largest absolute Gasteiger partial charge is 0.465 e. The van der Waals surface area contributed by atoms with Crippen molar-refractivity contribution in [2.24, 2.45) is 80.7 Å². The Morgan fingerprint density at radius 1 is 0.562 bits per heavy atom. The van der Waals surface area contributed by atoms with Crippen molar-refractivity contribution in [3.8, 4) is 11.1 Å². The summed E-state index contributed by atoms with van der Waals surface area (Å²) in [5, 5.41) is 25.1. The van der Waals surface area contributed by atoms with E-state index in [1.165, 1.54) is 34.4 Å². The molecule has 482 valence electrons. The number of nitrogens with zero attached hydrogens (tertiary/aromatic N) is 2. The van der Waals surface area contributed by atoms with Gasteiger partial charge < -0.3 is 39.3 Å². The highest BCUT2D eigenvalue weighted by Crippen LogP contribution is 2.73. The van der Waals surface area contributed by atoms with Gasteiger partial charge in [0, 0.05) is 55.1 Å². The molecule has 9 aliphatic rings. The van der Waals surface area contributed by atoms with Crippen LogP contribution in [0.15, 0.2) is 104 Å². The van der Waals surface area contributed by atoms with Gasteiger partial charge in [0.25, 0.3) is 0 Å². The normalized spacial score (nSPS) is 37.3. The van der Waals surface area contributed by atoms with Crippen LogP contribution in [0.5, 0.6) is 0 Å². The Morgan fingerprint density at radius 3 is 1.44 bits per heavy atom. The maximum absolute atomic E-state index is 14.2. The van der Waals surface area contributed by atoms with Crippen molar-refractivity contribution in [1.82, 2.24) is 9.80 Å². The van der Waals surface area contributed by atoms with Gasteiger partial charge in [-0.3, -0.25) is 14.4 Å². The van der Waals surface area contributed by atoms with E-state index in [-0.39, 0.29) is 111 Å². The summed E-state index contributed by atoms with van der Waals surface area (Å²) in [7, 11) is 3.90. The van der Waals surface area contributed by atoms with E-state index in [1.807, 2.05) is 88.0 Å². The van der Waals surface area contributed by atoms with E-state index in [4.69, 9.17) is 19.3 Å². The highest BCUT2D eigenvalue weighted by atomic mass is 16.5. The maximum atomic E-state index is 14.2. The van der Waals surface area contributed by atoms with Gasteiger partial charge in [0.15, 0.2) is 0 Å². The van der Waals surface area contributed by atoms with Crippen LogP contribution in [0.1, 0.15) is 217 Å². The first-order valence-electron chi connectivity index (χ1n) is 34.5. The number of hydrogen-bond acceptors (Lipinski definition) is 11. The highest BCUT2D eigenvalue weighted by molar-refractivity contribution is 5.85. The Balaban J connectivity index is 0.000000186. The summed E-state index contributed by atoms with van der Waals surface area (Å²) < 4.78 is 16.5. The van der Waals surface area contributed by atoms with E-state index in [0.717, 1.165) is 127 Å². The minimum atomic E-state index is -0.738. The van der Waals surface area contributed by atoms with Gasteiger partial charge in [-0.1, -0.05) is 104 Å². The van der Waals surface area contributed by atoms with Crippen LogP contribution in [0, 0.1) is 74.9 Å². The van der Waals surface area contributed by atoms with Crippen LogP contribution in [0.25, 0.3) is 11.1 Å². The fourth-order valence-electron chi connectivity index (χ4n) is 21.9. The number of amides is 2. The molecule has 18 atom stereocenters. The molecule has 89 heavy (non-hydrogen) atoms. The second-order valence-electron chi connectivity index (χ2n) is 31.7. The van der Waals surface area contributed by atoms with Crippen LogP contribution in [0.2, 0.25) is 0 Å². The Labute approximate surface area is 528 Å². The molecular weight excluding hydrogens is 1110 g/mol. The molecule has 4 N–H and O–H groups in total. The molecule has 9 aliphatic carbocycles. The summed E-state index contributed by atoms with van der Waals surface area (Å²) in [6.45, 7) is 17.9. The molecule has 8 saturated carbocycles. The monoisotopic (exact) mass is 1220 g/mol. The van der Waals surface area contributed by atoms with E-state index in [1.54, 1.807) is 12.5 Å². The molecule has 2 unspecified atom stereocenters. The molecule has 2 amide bonds. The zero-order chi connectivity index (χ0) is 63.3. The van der Waals surface area contributed by atoms with Gasteiger partial charge in [-0.2, -0.15) is 0 Å². The molecule has 0 aliphatic heterocycles. The first-order chi connectivity index (χ1) is 42.3. The van der Waals surface area contributed by atoms with Gasteiger partial charge in [-0.15, -0.1) is 0 Å². The molecule has 13 nitrogen and oxygen atoms in total. The molecule has 13 rings (SSSR count). The Morgan fingerprint density at radius 2 is 1.01 bits per heavy atom. The molecule has 0 bridgehead atoms. The van der Waals surface area contributed by atoms with Crippen LogP contribution >= 0.6 is 0 Å². The SMILES string of the molecule is CC(C)[C@@H](CC(=O)OCC1c2ccccc2-c2ccccc21)C(=O)N(C)C1CC[C@@]2(C)[C@H](CC[C@@H]3[C@@H]2CC[C@]2(C)[C@@H](c4ccc(=O)oc4)CC[C@]32O)C1.CC(C)[C@@H](N)C(=O)N(C)C1CC[C@@]2(C)[C@H](CC[C@@H]3[C@@H]2CC[C@]2(C)[C@@H](c4ccc(=O)oc4)CC[C@]32O)C1. The summed E-state index contributed by atoms with van der Waals surface area (Å²) in [6.07, 6.45) is 21.4. The van der Waals surface area contributed by atoms with Gasteiger partial charge in [0.2, 0.25) is 11.8 Å². The number of hydrogen-bond donors (Lipinski definition) is 3. The lowest BCUT2D eigenvalue weighted by atomic mass is 9.43. The minimum absolute atomic E-state index is 0.00410. The van der Waals surface area contributed by atoms with E-state index in [9.17, 15) is 34.2 Å². The van der Waals surface area contributed by atoms with Gasteiger partial charge in [-0.05, 0) is 231 Å². The summed E-state index contributed by atoms with van der Waals surface area (Å²) in [5.41, 5.74) is 10.9. The van der Waals surface area contributed by atoms with Gasteiger partial charge in [0.05, 0.1) is 42.1 Å². The number of carbonyl (C=O) groups is 3. The number of aliphatic hydroxyl groups is 2. The van der Waals surface area contributed by atoms with Crippen molar-refractivity contribution >= 4 is 17.8 Å². The van der Waals surface area contributed by atoms with Crippen LogP contribution in [-0.4, -0.2) is 87.8 Å². The van der Waals surface area contributed by atoms with Gasteiger partial charge in [0.1, 0.15) is 6.61 Å². The fraction of sp³-hybridized carbons (Fsp3) is 0.671. The van der Waals surface area contributed by atoms with Gasteiger partial charge >= 0.3 is 17.2 Å². The van der Waals surface area contributed by atoms with Crippen molar-refractivity contribution < 1.29 is 38.2 Å². The summed E-state index contributed by atoms with van der Waals surface area (Å²) in [5.74, 6) is 2.53. The number of benzene rings is 2. The maximum Gasteiger partial charge on any atom is 0.335 e. The quantitative estimate of drug-likeness (QED) is 0.114. The molecule has 2 aromatic carbocycles. The lowest BCUT2D eigenvalue weighted by molar-refractivity contribution is -0.204. The molecule has 13 heteroatoms. The lowest BCUT2D eigenvalue weighted by Gasteiger charge is -2.64. The smallest absolute Gasteiger partial charge is 0.335 e. The summed E-state index contributed by atoms with van der Waals surface area (Å²) >= 11 is 0. The number of nitrogens with two attached hydrogens (primary N) is 1. The number of rotatable bonds is 12. The highest BCUT2D eigenvalue weighted by Gasteiger charge is 2.69. The van der Waals surface area contributed by atoms with Crippen molar-refractivity contribution in [3.05, 3.63) is 128 Å². The third kappa shape index (κ3) is 10.6. The van der Waals surface area contributed by atoms with Crippen LogP contribution in [0.4, 0.5) is 0 Å². The van der Waals surface area contributed by atoms with Crippen molar-refractivity contribution in [3.63, 3.8) is 0 Å². The molecule has 0 saturated heterocycles. The number of carbonyl (C=O) groups excluding carboxylic acids is 3. The third-order valence-corrected chi connectivity index (χ3v) is 27.6. The lowest BCUT2D eigenvalue weighted by Crippen LogP contribution is -2.62. The number of esters is 1. The zero-order valence-corrected chi connectivity index (χ0v) is 55.0. The first kappa shape index (κ1) is 63.8. The Bertz CT molecular complexity index is 3320. The third-order valence-electron chi connectivity index (χ3n) is 27.6. The predicted octanol–water partition coefficient (Wildman–Crippen LogP) is 13.4. The number of likely N-dealkylation sites (N-methyl/N-ethyl adjacent to an activating group) is 1. The fourth-order valence-corrected chi connectivity index (χ4v) is 21.9. The predicted molar refractivity (Wildman–Crippen MR) is 345 cm³/mol. The molecule has 4 aromatic rings. The topological polar surface area (TPSA) is 194 Å². The van der Waals surface area contributed by atoms with Crippen LogP contribution in [0.3, 0.4) is 0 Å². The van der Waals surface area contributed by atoms with Crippen LogP contribution in [-0.2, 0) is 19.1 Å². The van der Waals surface area contributed by atoms with Crippen molar-refractivity contribution in [2.45, 2.75) is 224 Å². The Hall–Kier alpha value is -5.37. The molecular formula is C76H103N3O10. The average Bonchev–Trinajstić information content (AvgIpc) is 1.67. The summed E-state index contributed by atoms with van der Waals surface area (Å²) in [4.78, 5) is 67.7. The number of ether oxygens (including phenoxy) is 1. The second-order valence-corrected chi connectivity index (χ2v) is 31.7. The average molecular weight is 1220 g/mol. The second kappa shape index (κ2) is 23.9. The number of fused-ring (bicyclic) bond motifs is 13. The van der Waals surface area contributed by atoms with E-state index < -0.39 is 23.2 Å².